The molecule has 0 atom stereocenters. The van der Waals surface area contributed by atoms with Crippen molar-refractivity contribution in [2.24, 2.45) is 5.10 Å². The molecule has 0 aliphatic carbocycles. The number of nitrogens with zero attached hydrogens (tertiary/aromatic N) is 2. The van der Waals surface area contributed by atoms with Crippen molar-refractivity contribution in [2.75, 3.05) is 5.32 Å². The van der Waals surface area contributed by atoms with Gasteiger partial charge in [0.2, 0.25) is 0 Å². The highest BCUT2D eigenvalue weighted by Gasteiger charge is 2.07. The number of hydrogen-bond donors (Lipinski definition) is 2. The van der Waals surface area contributed by atoms with Crippen molar-refractivity contribution < 1.29 is 9.59 Å². The first-order valence-electron chi connectivity index (χ1n) is 8.45. The van der Waals surface area contributed by atoms with Gasteiger partial charge in [-0.25, -0.2) is 5.43 Å². The molecule has 0 saturated heterocycles. The lowest BCUT2D eigenvalue weighted by molar-refractivity contribution is 0.0954. The van der Waals surface area contributed by atoms with Crippen LogP contribution in [-0.4, -0.2) is 22.5 Å². The molecule has 0 aliphatic heterocycles. The van der Waals surface area contributed by atoms with Gasteiger partial charge in [-0.2, -0.15) is 5.10 Å². The number of amides is 2. The van der Waals surface area contributed by atoms with Crippen LogP contribution in [0.1, 0.15) is 33.2 Å². The fourth-order valence-electron chi connectivity index (χ4n) is 2.37. The number of halogens is 1. The van der Waals surface area contributed by atoms with Crippen molar-refractivity contribution in [2.45, 2.75) is 6.92 Å². The summed E-state index contributed by atoms with van der Waals surface area (Å²) in [5.41, 5.74) is 5.61. The Kier molecular flexibility index (Phi) is 6.14. The van der Waals surface area contributed by atoms with Gasteiger partial charge in [-0.3, -0.25) is 14.6 Å². The Morgan fingerprint density at radius 2 is 1.39 bits per heavy atom. The number of benzene rings is 2. The van der Waals surface area contributed by atoms with Crippen LogP contribution >= 0.6 is 11.6 Å². The lowest BCUT2D eigenvalue weighted by atomic mass is 10.1. The average molecular weight is 393 g/mol. The van der Waals surface area contributed by atoms with Crippen molar-refractivity contribution in [3.63, 3.8) is 0 Å². The van der Waals surface area contributed by atoms with Gasteiger partial charge in [0.25, 0.3) is 11.8 Å². The minimum Gasteiger partial charge on any atom is -0.322 e. The van der Waals surface area contributed by atoms with Crippen LogP contribution < -0.4 is 10.7 Å². The van der Waals surface area contributed by atoms with Gasteiger partial charge in [0.1, 0.15) is 0 Å². The van der Waals surface area contributed by atoms with Crippen LogP contribution in [0, 0.1) is 0 Å². The van der Waals surface area contributed by atoms with E-state index in [1.807, 2.05) is 12.1 Å². The fourth-order valence-corrected chi connectivity index (χ4v) is 2.49. The second-order valence-corrected chi connectivity index (χ2v) is 6.35. The normalized spacial score (nSPS) is 11.0. The Hall–Kier alpha value is -3.51. The molecule has 0 fully saturated rings. The second kappa shape index (κ2) is 8.92. The Labute approximate surface area is 167 Å². The molecule has 0 aliphatic rings. The number of hydrazone groups is 1. The van der Waals surface area contributed by atoms with Gasteiger partial charge >= 0.3 is 0 Å². The number of hydrogen-bond acceptors (Lipinski definition) is 4. The second-order valence-electron chi connectivity index (χ2n) is 5.91. The van der Waals surface area contributed by atoms with Crippen LogP contribution in [0.5, 0.6) is 0 Å². The maximum atomic E-state index is 12.2. The third-order valence-electron chi connectivity index (χ3n) is 3.93. The van der Waals surface area contributed by atoms with Crippen molar-refractivity contribution in [3.05, 3.63) is 94.8 Å². The molecule has 2 aromatic carbocycles. The smallest absolute Gasteiger partial charge is 0.271 e. The number of pyridine rings is 1. The van der Waals surface area contributed by atoms with E-state index in [1.54, 1.807) is 67.8 Å². The molecule has 3 rings (SSSR count). The molecule has 2 N–H and O–H groups in total. The van der Waals surface area contributed by atoms with E-state index in [1.165, 1.54) is 0 Å². The summed E-state index contributed by atoms with van der Waals surface area (Å²) in [7, 11) is 0. The van der Waals surface area contributed by atoms with Crippen LogP contribution in [0.4, 0.5) is 5.69 Å². The molecule has 0 radical (unpaired) electrons. The van der Waals surface area contributed by atoms with E-state index >= 15 is 0 Å². The van der Waals surface area contributed by atoms with Gasteiger partial charge in [0.05, 0.1) is 5.71 Å². The molecular weight excluding hydrogens is 376 g/mol. The van der Waals surface area contributed by atoms with Gasteiger partial charge in [-0.05, 0) is 61.0 Å². The maximum absolute atomic E-state index is 12.2. The summed E-state index contributed by atoms with van der Waals surface area (Å²) in [6.07, 6.45) is 3.09. The van der Waals surface area contributed by atoms with E-state index in [-0.39, 0.29) is 11.8 Å². The quantitative estimate of drug-likeness (QED) is 0.505. The Morgan fingerprint density at radius 3 is 2.04 bits per heavy atom. The molecule has 7 heteroatoms. The molecule has 0 unspecified atom stereocenters. The Bertz CT molecular complexity index is 1000. The number of anilines is 1. The standard InChI is InChI=1S/C21H17ClN4O2/c1-14(25-26-21(28)17-10-12-23-13-11-17)15-4-8-19(9-5-15)24-20(27)16-2-6-18(22)7-3-16/h2-13H,1H3,(H,24,27)(H,26,28)/b25-14+. The molecule has 28 heavy (non-hydrogen) atoms. The van der Waals surface area contributed by atoms with Gasteiger partial charge < -0.3 is 5.32 Å². The zero-order valence-corrected chi connectivity index (χ0v) is 15.8. The van der Waals surface area contributed by atoms with E-state index in [0.717, 1.165) is 5.56 Å². The molecule has 1 heterocycles. The topological polar surface area (TPSA) is 83.4 Å². The predicted octanol–water partition coefficient (Wildman–Crippen LogP) is 4.14. The summed E-state index contributed by atoms with van der Waals surface area (Å²) in [5, 5.41) is 7.51. The summed E-state index contributed by atoms with van der Waals surface area (Å²) < 4.78 is 0. The SMILES string of the molecule is C/C(=N\NC(=O)c1ccncc1)c1ccc(NC(=O)c2ccc(Cl)cc2)cc1. The summed E-state index contributed by atoms with van der Waals surface area (Å²) in [6, 6.07) is 17.0. The summed E-state index contributed by atoms with van der Waals surface area (Å²) in [6.45, 7) is 1.79. The lowest BCUT2D eigenvalue weighted by Gasteiger charge is -2.07. The van der Waals surface area contributed by atoms with E-state index in [4.69, 9.17) is 11.6 Å². The summed E-state index contributed by atoms with van der Waals surface area (Å²) in [5.74, 6) is -0.534. The third-order valence-corrected chi connectivity index (χ3v) is 4.19. The van der Waals surface area contributed by atoms with Crippen molar-refractivity contribution in [3.8, 4) is 0 Å². The van der Waals surface area contributed by atoms with Gasteiger partial charge in [-0.1, -0.05) is 23.7 Å². The zero-order chi connectivity index (χ0) is 19.9. The molecule has 2 amide bonds. The van der Waals surface area contributed by atoms with E-state index in [0.29, 0.717) is 27.5 Å². The monoisotopic (exact) mass is 392 g/mol. The number of aromatic nitrogens is 1. The van der Waals surface area contributed by atoms with Gasteiger partial charge in [0, 0.05) is 34.2 Å². The molecule has 6 nitrogen and oxygen atoms in total. The van der Waals surface area contributed by atoms with E-state index in [9.17, 15) is 9.59 Å². The van der Waals surface area contributed by atoms with Crippen LogP contribution in [0.2, 0.25) is 5.02 Å². The van der Waals surface area contributed by atoms with Crippen molar-refractivity contribution in [1.29, 1.82) is 0 Å². The minimum absolute atomic E-state index is 0.223. The van der Waals surface area contributed by atoms with Gasteiger partial charge in [0.15, 0.2) is 0 Å². The number of carbonyl (C=O) groups excluding carboxylic acids is 2. The molecule has 0 saturated carbocycles. The van der Waals surface area contributed by atoms with Crippen LogP contribution in [0.3, 0.4) is 0 Å². The maximum Gasteiger partial charge on any atom is 0.271 e. The number of nitrogens with one attached hydrogen (secondary N) is 2. The molecule has 140 valence electrons. The Morgan fingerprint density at radius 1 is 0.821 bits per heavy atom. The largest absolute Gasteiger partial charge is 0.322 e. The first kappa shape index (κ1) is 19.3. The molecule has 0 bridgehead atoms. The Balaban J connectivity index is 1.62. The number of rotatable bonds is 5. The highest BCUT2D eigenvalue weighted by molar-refractivity contribution is 6.30. The molecule has 0 spiro atoms. The van der Waals surface area contributed by atoms with Crippen molar-refractivity contribution >= 4 is 34.8 Å². The lowest BCUT2D eigenvalue weighted by Crippen LogP contribution is -2.19. The molecule has 1 aromatic heterocycles. The highest BCUT2D eigenvalue weighted by Crippen LogP contribution is 2.14. The molecule has 3 aromatic rings. The fraction of sp³-hybridized carbons (Fsp3) is 0.0476. The van der Waals surface area contributed by atoms with Crippen LogP contribution in [-0.2, 0) is 0 Å². The van der Waals surface area contributed by atoms with Crippen LogP contribution in [0.25, 0.3) is 0 Å². The predicted molar refractivity (Wildman–Crippen MR) is 110 cm³/mol. The minimum atomic E-state index is -0.311. The first-order chi connectivity index (χ1) is 13.5. The third kappa shape index (κ3) is 5.02. The summed E-state index contributed by atoms with van der Waals surface area (Å²) in [4.78, 5) is 28.1. The average Bonchev–Trinajstić information content (AvgIpc) is 2.73. The van der Waals surface area contributed by atoms with E-state index in [2.05, 4.69) is 20.8 Å². The van der Waals surface area contributed by atoms with Crippen LogP contribution in [0.15, 0.2) is 78.2 Å². The van der Waals surface area contributed by atoms with Gasteiger partial charge in [-0.15, -0.1) is 0 Å². The first-order valence-corrected chi connectivity index (χ1v) is 8.83. The molecular formula is C21H17ClN4O2. The highest BCUT2D eigenvalue weighted by atomic mass is 35.5. The van der Waals surface area contributed by atoms with Crippen molar-refractivity contribution in [1.82, 2.24) is 10.4 Å². The summed E-state index contributed by atoms with van der Waals surface area (Å²) >= 11 is 5.83. The van der Waals surface area contributed by atoms with E-state index < -0.39 is 0 Å². The number of carbonyl (C=O) groups is 2. The zero-order valence-electron chi connectivity index (χ0n) is 15.0.